The summed E-state index contributed by atoms with van der Waals surface area (Å²) in [4.78, 5) is 18.1. The van der Waals surface area contributed by atoms with Crippen molar-refractivity contribution in [3.8, 4) is 29.6 Å². The highest BCUT2D eigenvalue weighted by molar-refractivity contribution is 8.59. The quantitative estimate of drug-likeness (QED) is 0.0680. The van der Waals surface area contributed by atoms with Crippen LogP contribution in [-0.2, 0) is 11.1 Å². The Labute approximate surface area is 289 Å². The van der Waals surface area contributed by atoms with E-state index in [0.29, 0.717) is 64.2 Å². The lowest BCUT2D eigenvalue weighted by Gasteiger charge is -2.34. The fourth-order valence-electron chi connectivity index (χ4n) is 6.41. The fraction of sp³-hybridized carbons (Fsp3) is 0.265. The number of anilines is 2. The van der Waals surface area contributed by atoms with Crippen LogP contribution in [0.15, 0.2) is 65.7 Å². The number of halogens is 2. The molecule has 7 rings (SSSR count). The van der Waals surface area contributed by atoms with E-state index in [1.54, 1.807) is 48.7 Å². The summed E-state index contributed by atoms with van der Waals surface area (Å²) in [6, 6.07) is 15.5. The van der Waals surface area contributed by atoms with Crippen molar-refractivity contribution in [1.82, 2.24) is 20.3 Å². The van der Waals surface area contributed by atoms with Gasteiger partial charge in [-0.15, -0.1) is 29.7 Å². The molecule has 3 atom stereocenters. The summed E-state index contributed by atoms with van der Waals surface area (Å²) in [5, 5.41) is 5.12. The van der Waals surface area contributed by atoms with Gasteiger partial charge in [0.1, 0.15) is 29.5 Å². The van der Waals surface area contributed by atoms with Crippen molar-refractivity contribution in [2.45, 2.75) is 29.8 Å². The minimum atomic E-state index is -2.10. The number of hydrogen-bond donors (Lipinski definition) is 4. The van der Waals surface area contributed by atoms with Crippen LogP contribution >= 0.6 is 23.3 Å². The van der Waals surface area contributed by atoms with Gasteiger partial charge in [0.25, 0.3) is 0 Å². The van der Waals surface area contributed by atoms with E-state index in [9.17, 15) is 13.2 Å². The first-order valence-corrected chi connectivity index (χ1v) is 17.8. The average molecular weight is 707 g/mol. The molecular formula is C34H32F2N6O3S3. The molecule has 0 amide bonds. The number of benzene rings is 3. The Morgan fingerprint density at radius 1 is 1.12 bits per heavy atom. The molecule has 3 aromatic carbocycles. The molecule has 0 radical (unpaired) electrons. The lowest BCUT2D eigenvalue weighted by molar-refractivity contribution is 0.301. The van der Waals surface area contributed by atoms with E-state index in [0.717, 1.165) is 18.5 Å². The molecule has 5 aromatic rings. The van der Waals surface area contributed by atoms with E-state index >= 15 is 4.39 Å². The number of thiol groups is 2. The second-order valence-corrected chi connectivity index (χ2v) is 12.5. The third-order valence-corrected chi connectivity index (χ3v) is 9.33. The molecule has 48 heavy (non-hydrogen) atoms. The van der Waals surface area contributed by atoms with Gasteiger partial charge in [-0.3, -0.25) is 4.98 Å². The standard InChI is InChI=1S/C34H30F2N6O3S.H2S2/c1-3-25-28(35)13-10-20-6-4-9-26(29(20)25)31-30(36)32-27(17-37-31)33(42-18-21-11-12-22(19-42)38-21)40-34(39-32)45-15-14-41(2)23-7-5-8-24(16-23)46(43)44;1-2/h1,4-10,13,16-17,21-22,38H,11-12,14-15,18-19H2,2H3,(H,43,44);1-2H. The number of terminal acetylenes is 1. The maximum atomic E-state index is 16.6. The van der Waals surface area contributed by atoms with Crippen molar-refractivity contribution < 1.29 is 22.3 Å². The van der Waals surface area contributed by atoms with Gasteiger partial charge in [0.2, 0.25) is 0 Å². The highest BCUT2D eigenvalue weighted by Gasteiger charge is 2.34. The van der Waals surface area contributed by atoms with E-state index in [-0.39, 0.29) is 29.4 Å². The molecule has 14 heteroatoms. The maximum absolute atomic E-state index is 16.6. The van der Waals surface area contributed by atoms with Gasteiger partial charge in [-0.25, -0.2) is 13.0 Å². The molecule has 2 aliphatic heterocycles. The predicted octanol–water partition coefficient (Wildman–Crippen LogP) is 5.90. The third kappa shape index (κ3) is 6.65. The van der Waals surface area contributed by atoms with Crippen LogP contribution in [-0.4, -0.2) is 69.1 Å². The molecule has 2 fully saturated rings. The molecule has 2 bridgehead atoms. The lowest BCUT2D eigenvalue weighted by atomic mass is 9.96. The van der Waals surface area contributed by atoms with Crippen LogP contribution in [0.25, 0.3) is 32.9 Å². The van der Waals surface area contributed by atoms with E-state index in [2.05, 4.69) is 49.4 Å². The van der Waals surface area contributed by atoms with Crippen LogP contribution in [0.4, 0.5) is 20.3 Å². The molecule has 3 unspecified atom stereocenters. The summed E-state index contributed by atoms with van der Waals surface area (Å²) in [7, 11) is 1.83. The van der Waals surface area contributed by atoms with Crippen LogP contribution in [0.1, 0.15) is 18.4 Å². The molecule has 2 aromatic heterocycles. The zero-order valence-electron chi connectivity index (χ0n) is 25.8. The number of ether oxygens (including phenoxy) is 1. The van der Waals surface area contributed by atoms with E-state index in [1.807, 2.05) is 18.0 Å². The van der Waals surface area contributed by atoms with E-state index < -0.39 is 22.7 Å². The molecule has 2 aliphatic rings. The first-order chi connectivity index (χ1) is 23.3. The molecule has 0 spiro atoms. The topological polar surface area (TPSA) is 104 Å². The molecule has 2 saturated heterocycles. The average Bonchev–Trinajstić information content (AvgIpc) is 3.45. The second-order valence-electron chi connectivity index (χ2n) is 11.5. The first-order valence-electron chi connectivity index (χ1n) is 15.1. The summed E-state index contributed by atoms with van der Waals surface area (Å²) in [6.07, 6.45) is 9.36. The van der Waals surface area contributed by atoms with E-state index in [1.165, 1.54) is 6.07 Å². The summed E-state index contributed by atoms with van der Waals surface area (Å²) in [5.41, 5.74) is 1.17. The van der Waals surface area contributed by atoms with Crippen molar-refractivity contribution in [1.29, 1.82) is 0 Å². The Bertz CT molecular complexity index is 2050. The maximum Gasteiger partial charge on any atom is 0.319 e. The molecule has 248 valence electrons. The van der Waals surface area contributed by atoms with Crippen LogP contribution in [0.5, 0.6) is 6.01 Å². The van der Waals surface area contributed by atoms with Crippen molar-refractivity contribution in [3.63, 3.8) is 0 Å². The number of hydrogen-bond acceptors (Lipinski definition) is 10. The highest BCUT2D eigenvalue weighted by Crippen LogP contribution is 2.37. The zero-order valence-corrected chi connectivity index (χ0v) is 28.4. The van der Waals surface area contributed by atoms with Crippen LogP contribution in [0.3, 0.4) is 0 Å². The van der Waals surface area contributed by atoms with Crippen molar-refractivity contribution in [2.75, 3.05) is 43.1 Å². The van der Waals surface area contributed by atoms with Gasteiger partial charge < -0.3 is 24.4 Å². The van der Waals surface area contributed by atoms with Gasteiger partial charge in [0.15, 0.2) is 16.9 Å². The minimum absolute atomic E-state index is 0.00272. The number of aromatic nitrogens is 3. The third-order valence-electron chi connectivity index (χ3n) is 8.67. The number of nitrogens with one attached hydrogen (secondary N) is 1. The van der Waals surface area contributed by atoms with Crippen LogP contribution in [0.2, 0.25) is 0 Å². The van der Waals surface area contributed by atoms with Gasteiger partial charge in [-0.1, -0.05) is 36.3 Å². The molecule has 2 N–H and O–H groups in total. The Hall–Kier alpha value is -4.00. The van der Waals surface area contributed by atoms with Gasteiger partial charge in [-0.2, -0.15) is 9.97 Å². The second kappa shape index (κ2) is 14.6. The molecule has 9 nitrogen and oxygen atoms in total. The summed E-state index contributed by atoms with van der Waals surface area (Å²) in [5.74, 6) is 1.70. The van der Waals surface area contributed by atoms with Gasteiger partial charge >= 0.3 is 6.01 Å². The molecule has 0 aliphatic carbocycles. The number of pyridine rings is 1. The number of rotatable bonds is 8. The number of likely N-dealkylation sites (N-methyl/N-ethyl adjacent to an activating group) is 1. The van der Waals surface area contributed by atoms with Crippen LogP contribution < -0.4 is 19.9 Å². The zero-order chi connectivity index (χ0) is 33.9. The van der Waals surface area contributed by atoms with Gasteiger partial charge in [0.05, 0.1) is 22.4 Å². The summed E-state index contributed by atoms with van der Waals surface area (Å²) in [6.45, 7) is 1.96. The Kier molecular flexibility index (Phi) is 10.3. The molecule has 4 heterocycles. The number of piperazine rings is 1. The van der Waals surface area contributed by atoms with Gasteiger partial charge in [-0.05, 0) is 42.5 Å². The highest BCUT2D eigenvalue weighted by atomic mass is 33.1. The minimum Gasteiger partial charge on any atom is -0.462 e. The summed E-state index contributed by atoms with van der Waals surface area (Å²) < 4.78 is 58.4. The number of fused-ring (bicyclic) bond motifs is 4. The smallest absolute Gasteiger partial charge is 0.319 e. The Morgan fingerprint density at radius 3 is 2.60 bits per heavy atom. The number of nitrogens with zero attached hydrogens (tertiary/aromatic N) is 5. The molecule has 0 saturated carbocycles. The van der Waals surface area contributed by atoms with Crippen LogP contribution in [0, 0.1) is 24.0 Å². The fourth-order valence-corrected chi connectivity index (χ4v) is 6.83. The Morgan fingerprint density at radius 2 is 1.88 bits per heavy atom. The van der Waals surface area contributed by atoms with Crippen molar-refractivity contribution >= 4 is 67.6 Å². The Balaban J connectivity index is 0.00000197. The summed E-state index contributed by atoms with van der Waals surface area (Å²) >= 11 is 4.35. The van der Waals surface area contributed by atoms with E-state index in [4.69, 9.17) is 16.1 Å². The molecular weight excluding hydrogens is 675 g/mol. The van der Waals surface area contributed by atoms with Crippen molar-refractivity contribution in [2.24, 2.45) is 0 Å². The monoisotopic (exact) mass is 706 g/mol. The largest absolute Gasteiger partial charge is 0.462 e. The predicted molar refractivity (Wildman–Crippen MR) is 193 cm³/mol. The normalized spacial score (nSPS) is 17.5. The first kappa shape index (κ1) is 33.9. The lowest BCUT2D eigenvalue weighted by Crippen LogP contribution is -2.51. The van der Waals surface area contributed by atoms with Crippen molar-refractivity contribution in [3.05, 3.63) is 78.0 Å². The van der Waals surface area contributed by atoms with Gasteiger partial charge in [0, 0.05) is 55.1 Å². The SMILES string of the molecule is C#Cc1c(F)ccc2cccc(-c3ncc4c(N5CC6CCC(C5)N6)nc(OCCN(C)c5cccc(S(=O)O)c5)nc4c3F)c12.SS.